The van der Waals surface area contributed by atoms with Gasteiger partial charge in [0.05, 0.1) is 17.7 Å². The van der Waals surface area contributed by atoms with Gasteiger partial charge >= 0.3 is 5.69 Å². The fourth-order valence-electron chi connectivity index (χ4n) is 3.80. The van der Waals surface area contributed by atoms with Crippen LogP contribution in [-0.4, -0.2) is 42.6 Å². The van der Waals surface area contributed by atoms with E-state index in [1.165, 1.54) is 19.2 Å². The number of rotatable bonds is 11. The zero-order valence-corrected chi connectivity index (χ0v) is 22.3. The number of hydrogen-bond donors (Lipinski definition) is 2. The van der Waals surface area contributed by atoms with Crippen LogP contribution in [0.4, 0.5) is 11.4 Å². The van der Waals surface area contributed by atoms with Crippen LogP contribution >= 0.6 is 0 Å². The van der Waals surface area contributed by atoms with Crippen molar-refractivity contribution in [2.45, 2.75) is 20.8 Å². The molecule has 0 unspecified atom stereocenters. The molecule has 3 aromatic carbocycles. The van der Waals surface area contributed by atoms with Crippen molar-refractivity contribution in [3.05, 3.63) is 105 Å². The predicted molar refractivity (Wildman–Crippen MR) is 152 cm³/mol. The van der Waals surface area contributed by atoms with Crippen molar-refractivity contribution < 1.29 is 19.2 Å². The summed E-state index contributed by atoms with van der Waals surface area (Å²) >= 11 is 0. The number of nitro groups is 1. The Morgan fingerprint density at radius 1 is 1.00 bits per heavy atom. The summed E-state index contributed by atoms with van der Waals surface area (Å²) < 4.78 is 5.03. The Kier molecular flexibility index (Phi) is 9.91. The predicted octanol–water partition coefficient (Wildman–Crippen LogP) is 4.76. The zero-order valence-electron chi connectivity index (χ0n) is 22.3. The second kappa shape index (κ2) is 13.5. The normalized spacial score (nSPS) is 11.5. The molecule has 0 bridgehead atoms. The number of carbonyl (C=O) groups excluding carboxylic acids is 2. The van der Waals surface area contributed by atoms with Crippen molar-refractivity contribution in [1.29, 1.82) is 0 Å². The maximum Gasteiger partial charge on any atom is 0.311 e. The van der Waals surface area contributed by atoms with Gasteiger partial charge in [0.2, 0.25) is 0 Å². The van der Waals surface area contributed by atoms with Crippen LogP contribution in [0.1, 0.15) is 42.3 Å². The third-order valence-electron chi connectivity index (χ3n) is 5.98. The fraction of sp³-hybridized carbons (Fsp3) is 0.207. The molecule has 0 saturated carbocycles. The van der Waals surface area contributed by atoms with Crippen LogP contribution in [0.25, 0.3) is 6.08 Å². The molecule has 10 heteroatoms. The molecule has 2 amide bonds. The molecule has 0 atom stereocenters. The molecule has 3 aromatic rings. The van der Waals surface area contributed by atoms with E-state index in [9.17, 15) is 19.7 Å². The number of hydrazone groups is 1. The van der Waals surface area contributed by atoms with Gasteiger partial charge in [-0.3, -0.25) is 19.7 Å². The highest BCUT2D eigenvalue weighted by atomic mass is 16.6. The van der Waals surface area contributed by atoms with Gasteiger partial charge in [-0.05, 0) is 68.8 Å². The van der Waals surface area contributed by atoms with Gasteiger partial charge < -0.3 is 15.0 Å². The van der Waals surface area contributed by atoms with Gasteiger partial charge in [-0.15, -0.1) is 0 Å². The van der Waals surface area contributed by atoms with Gasteiger partial charge in [-0.1, -0.05) is 30.3 Å². The molecule has 0 aliphatic carbocycles. The second-order valence-corrected chi connectivity index (χ2v) is 8.42. The Hall–Kier alpha value is -4.99. The van der Waals surface area contributed by atoms with Crippen molar-refractivity contribution in [2.75, 3.05) is 25.1 Å². The minimum absolute atomic E-state index is 0.0169. The fourth-order valence-corrected chi connectivity index (χ4v) is 3.80. The highest BCUT2D eigenvalue weighted by molar-refractivity contribution is 6.06. The monoisotopic (exact) mass is 529 g/mol. The summed E-state index contributed by atoms with van der Waals surface area (Å²) in [5, 5.41) is 18.1. The van der Waals surface area contributed by atoms with Crippen LogP contribution in [0.15, 0.2) is 83.6 Å². The average Bonchev–Trinajstić information content (AvgIpc) is 2.96. The summed E-state index contributed by atoms with van der Waals surface area (Å²) in [4.78, 5) is 39.0. The lowest BCUT2D eigenvalue weighted by Crippen LogP contribution is -2.33. The molecule has 10 nitrogen and oxygen atoms in total. The molecule has 0 spiro atoms. The molecule has 0 heterocycles. The molecule has 2 N–H and O–H groups in total. The molecule has 0 aliphatic rings. The third-order valence-corrected chi connectivity index (χ3v) is 5.98. The maximum absolute atomic E-state index is 13.2. The number of carbonyl (C=O) groups is 2. The van der Waals surface area contributed by atoms with Crippen LogP contribution < -0.4 is 20.4 Å². The topological polar surface area (TPSA) is 126 Å². The second-order valence-electron chi connectivity index (χ2n) is 8.42. The van der Waals surface area contributed by atoms with Gasteiger partial charge in [0, 0.05) is 36.0 Å². The van der Waals surface area contributed by atoms with Gasteiger partial charge in [-0.25, -0.2) is 5.43 Å². The first-order chi connectivity index (χ1) is 18.8. The quantitative estimate of drug-likeness (QED) is 0.160. The number of nitrogens with one attached hydrogen (secondary N) is 2. The van der Waals surface area contributed by atoms with Crippen molar-refractivity contribution >= 4 is 35.0 Å². The number of anilines is 1. The SMILES string of the molecule is CCN(CC)c1ccc(/C=C(/NC(=O)c2ccccc2)C(=O)N/N=C(\C)c2ccc(OC)c([N+](=O)[O-])c2)cc1. The number of nitrogens with zero attached hydrogens (tertiary/aromatic N) is 3. The molecular formula is C29H31N5O5. The first-order valence-electron chi connectivity index (χ1n) is 12.4. The van der Waals surface area contributed by atoms with E-state index in [-0.39, 0.29) is 17.1 Å². The molecule has 202 valence electrons. The smallest absolute Gasteiger partial charge is 0.311 e. The molecule has 0 fully saturated rings. The minimum Gasteiger partial charge on any atom is -0.490 e. The first-order valence-corrected chi connectivity index (χ1v) is 12.4. The molecule has 39 heavy (non-hydrogen) atoms. The minimum atomic E-state index is -0.658. The summed E-state index contributed by atoms with van der Waals surface area (Å²) in [6, 6.07) is 20.5. The Labute approximate surface area is 227 Å². The lowest BCUT2D eigenvalue weighted by Gasteiger charge is -2.21. The van der Waals surface area contributed by atoms with E-state index in [0.717, 1.165) is 18.8 Å². The zero-order chi connectivity index (χ0) is 28.4. The van der Waals surface area contributed by atoms with E-state index < -0.39 is 16.7 Å². The lowest BCUT2D eigenvalue weighted by atomic mass is 10.1. The van der Waals surface area contributed by atoms with Crippen LogP contribution in [0, 0.1) is 10.1 Å². The number of hydrogen-bond acceptors (Lipinski definition) is 7. The number of amides is 2. The van der Waals surface area contributed by atoms with Crippen molar-refractivity contribution in [2.24, 2.45) is 5.10 Å². The van der Waals surface area contributed by atoms with Crippen LogP contribution in [0.3, 0.4) is 0 Å². The van der Waals surface area contributed by atoms with Crippen LogP contribution in [-0.2, 0) is 4.79 Å². The van der Waals surface area contributed by atoms with E-state index in [1.807, 2.05) is 24.3 Å². The molecule has 3 rings (SSSR count). The van der Waals surface area contributed by atoms with E-state index >= 15 is 0 Å². The van der Waals surface area contributed by atoms with E-state index in [4.69, 9.17) is 4.74 Å². The standard InChI is InChI=1S/C29H31N5O5/c1-5-33(6-2)24-15-12-21(13-16-24)18-25(30-28(35)22-10-8-7-9-11-22)29(36)32-31-20(3)23-14-17-27(39-4)26(19-23)34(37)38/h7-19H,5-6H2,1-4H3,(H,30,35)(H,32,36)/b25-18+,31-20+. The number of methoxy groups -OCH3 is 1. The summed E-state index contributed by atoms with van der Waals surface area (Å²) in [5.74, 6) is -1.00. The Morgan fingerprint density at radius 2 is 1.67 bits per heavy atom. The largest absolute Gasteiger partial charge is 0.490 e. The Morgan fingerprint density at radius 3 is 2.26 bits per heavy atom. The first kappa shape index (κ1) is 28.6. The summed E-state index contributed by atoms with van der Waals surface area (Å²) in [6.45, 7) is 7.48. The molecule has 0 aliphatic heterocycles. The molecule has 0 radical (unpaired) electrons. The highest BCUT2D eigenvalue weighted by Gasteiger charge is 2.18. The van der Waals surface area contributed by atoms with Gasteiger partial charge in [0.1, 0.15) is 5.70 Å². The van der Waals surface area contributed by atoms with Gasteiger partial charge in [-0.2, -0.15) is 5.10 Å². The number of nitro benzene ring substituents is 1. The summed E-state index contributed by atoms with van der Waals surface area (Å²) in [7, 11) is 1.35. The summed E-state index contributed by atoms with van der Waals surface area (Å²) in [6.07, 6.45) is 1.56. The number of benzene rings is 3. The van der Waals surface area contributed by atoms with E-state index in [2.05, 4.69) is 34.6 Å². The van der Waals surface area contributed by atoms with Crippen LogP contribution in [0.5, 0.6) is 5.75 Å². The van der Waals surface area contributed by atoms with E-state index in [0.29, 0.717) is 22.4 Å². The van der Waals surface area contributed by atoms with E-state index in [1.54, 1.807) is 49.4 Å². The van der Waals surface area contributed by atoms with Crippen LogP contribution in [0.2, 0.25) is 0 Å². The highest BCUT2D eigenvalue weighted by Crippen LogP contribution is 2.27. The molecule has 0 aromatic heterocycles. The Bertz CT molecular complexity index is 1380. The summed E-state index contributed by atoms with van der Waals surface area (Å²) in [5.41, 5.74) is 5.09. The van der Waals surface area contributed by atoms with Crippen molar-refractivity contribution in [1.82, 2.24) is 10.7 Å². The third kappa shape index (κ3) is 7.51. The van der Waals surface area contributed by atoms with Crippen molar-refractivity contribution in [3.8, 4) is 5.75 Å². The van der Waals surface area contributed by atoms with Crippen molar-refractivity contribution in [3.63, 3.8) is 0 Å². The molecule has 0 saturated heterocycles. The maximum atomic E-state index is 13.2. The number of ether oxygens (including phenoxy) is 1. The average molecular weight is 530 g/mol. The van der Waals surface area contributed by atoms with Gasteiger partial charge in [0.15, 0.2) is 5.75 Å². The lowest BCUT2D eigenvalue weighted by molar-refractivity contribution is -0.385. The van der Waals surface area contributed by atoms with Gasteiger partial charge in [0.25, 0.3) is 11.8 Å². The molecular weight excluding hydrogens is 498 g/mol. The Balaban J connectivity index is 1.88.